The van der Waals surface area contributed by atoms with Crippen molar-refractivity contribution in [1.29, 1.82) is 0 Å². The standard InChI is InChI=1S/C32H40O6/c1-5-19-33-27-28(34-20-6-2)31(37-23-25-15-11-9-12-16-25)30(36-22-8-4)32(29(27)35-21-7-3)38-24-26-17-13-10-14-18-26/h5-18,27-32H,1-4,19-24H2/t27-,28-,29+,30-,31-,32-/m0/s1. The van der Waals surface area contributed by atoms with Crippen LogP contribution in [0.1, 0.15) is 11.1 Å². The zero-order valence-corrected chi connectivity index (χ0v) is 22.1. The lowest BCUT2D eigenvalue weighted by molar-refractivity contribution is -0.279. The molecule has 1 aliphatic rings. The summed E-state index contributed by atoms with van der Waals surface area (Å²) in [6.07, 6.45) is 3.63. The maximum Gasteiger partial charge on any atom is 0.116 e. The molecule has 6 nitrogen and oxygen atoms in total. The third-order valence-electron chi connectivity index (χ3n) is 6.14. The first-order chi connectivity index (χ1) is 18.7. The van der Waals surface area contributed by atoms with Crippen molar-refractivity contribution in [3.8, 4) is 0 Å². The zero-order valence-electron chi connectivity index (χ0n) is 22.1. The fraction of sp³-hybridized carbons (Fsp3) is 0.375. The van der Waals surface area contributed by atoms with E-state index in [0.29, 0.717) is 39.6 Å². The Hall–Kier alpha value is -2.84. The molecule has 38 heavy (non-hydrogen) atoms. The third kappa shape index (κ3) is 8.60. The molecule has 0 aliphatic heterocycles. The van der Waals surface area contributed by atoms with Gasteiger partial charge in [-0.05, 0) is 11.1 Å². The molecular formula is C32H40O6. The van der Waals surface area contributed by atoms with E-state index in [2.05, 4.69) is 26.3 Å². The van der Waals surface area contributed by atoms with Crippen molar-refractivity contribution in [2.75, 3.05) is 26.4 Å². The third-order valence-corrected chi connectivity index (χ3v) is 6.14. The number of benzene rings is 2. The van der Waals surface area contributed by atoms with Crippen molar-refractivity contribution in [2.24, 2.45) is 0 Å². The van der Waals surface area contributed by atoms with Crippen molar-refractivity contribution < 1.29 is 28.4 Å². The smallest absolute Gasteiger partial charge is 0.116 e. The van der Waals surface area contributed by atoms with Gasteiger partial charge in [-0.15, -0.1) is 26.3 Å². The lowest BCUT2D eigenvalue weighted by atomic mass is 9.83. The van der Waals surface area contributed by atoms with Gasteiger partial charge in [0.25, 0.3) is 0 Å². The molecule has 1 aliphatic carbocycles. The molecule has 2 aromatic carbocycles. The summed E-state index contributed by atoms with van der Waals surface area (Å²) in [5.41, 5.74) is 2.07. The van der Waals surface area contributed by atoms with Gasteiger partial charge in [-0.1, -0.05) is 85.0 Å². The van der Waals surface area contributed by atoms with Crippen LogP contribution in [-0.4, -0.2) is 63.1 Å². The van der Waals surface area contributed by atoms with Crippen molar-refractivity contribution in [2.45, 2.75) is 49.8 Å². The van der Waals surface area contributed by atoms with Crippen LogP contribution in [0.25, 0.3) is 0 Å². The molecule has 1 saturated carbocycles. The average molecular weight is 521 g/mol. The maximum absolute atomic E-state index is 6.55. The fourth-order valence-electron chi connectivity index (χ4n) is 4.51. The SMILES string of the molecule is C=CCO[C@@H]1[C@@H](OCC=C)[C@H](OCc2ccccc2)[C@@H](OCC=C)[C@@H](OCc2ccccc2)[C@H]1OCC=C. The highest BCUT2D eigenvalue weighted by Crippen LogP contribution is 2.35. The minimum Gasteiger partial charge on any atom is -0.369 e. The predicted molar refractivity (Wildman–Crippen MR) is 150 cm³/mol. The van der Waals surface area contributed by atoms with Crippen LogP contribution < -0.4 is 0 Å². The monoisotopic (exact) mass is 520 g/mol. The van der Waals surface area contributed by atoms with E-state index < -0.39 is 36.6 Å². The molecule has 1 fully saturated rings. The summed E-state index contributed by atoms with van der Waals surface area (Å²) < 4.78 is 38.4. The first-order valence-corrected chi connectivity index (χ1v) is 12.9. The largest absolute Gasteiger partial charge is 0.369 e. The summed E-state index contributed by atoms with van der Waals surface area (Å²) in [4.78, 5) is 0. The van der Waals surface area contributed by atoms with Crippen LogP contribution in [-0.2, 0) is 41.6 Å². The van der Waals surface area contributed by atoms with E-state index in [1.54, 1.807) is 24.3 Å². The highest BCUT2D eigenvalue weighted by Gasteiger charge is 2.54. The molecule has 0 radical (unpaired) electrons. The molecule has 3 rings (SSSR count). The summed E-state index contributed by atoms with van der Waals surface area (Å²) in [5.74, 6) is 0. The van der Waals surface area contributed by atoms with Crippen molar-refractivity contribution >= 4 is 0 Å². The molecule has 0 unspecified atom stereocenters. The molecule has 0 aromatic heterocycles. The van der Waals surface area contributed by atoms with Crippen molar-refractivity contribution in [1.82, 2.24) is 0 Å². The van der Waals surface area contributed by atoms with Crippen molar-refractivity contribution in [3.05, 3.63) is 122 Å². The van der Waals surface area contributed by atoms with Gasteiger partial charge in [0.15, 0.2) is 0 Å². The van der Waals surface area contributed by atoms with E-state index in [4.69, 9.17) is 28.4 Å². The van der Waals surface area contributed by atoms with Crippen molar-refractivity contribution in [3.63, 3.8) is 0 Å². The first-order valence-electron chi connectivity index (χ1n) is 12.9. The van der Waals surface area contributed by atoms with E-state index in [9.17, 15) is 0 Å². The topological polar surface area (TPSA) is 55.4 Å². The summed E-state index contributed by atoms with van der Waals surface area (Å²) in [6, 6.07) is 20.0. The van der Waals surface area contributed by atoms with Gasteiger partial charge in [0.1, 0.15) is 36.6 Å². The van der Waals surface area contributed by atoms with E-state index in [0.717, 1.165) is 11.1 Å². The van der Waals surface area contributed by atoms with Crippen LogP contribution in [0.4, 0.5) is 0 Å². The van der Waals surface area contributed by atoms with Crippen LogP contribution in [0.5, 0.6) is 0 Å². The van der Waals surface area contributed by atoms with E-state index in [1.807, 2.05) is 60.7 Å². The number of ether oxygens (including phenoxy) is 6. The lowest BCUT2D eigenvalue weighted by Gasteiger charge is -2.49. The number of hydrogen-bond donors (Lipinski definition) is 0. The van der Waals surface area contributed by atoms with E-state index in [-0.39, 0.29) is 0 Å². The quantitative estimate of drug-likeness (QED) is 0.244. The second-order valence-corrected chi connectivity index (χ2v) is 8.87. The normalized spacial score (nSPS) is 24.9. The van der Waals surface area contributed by atoms with Gasteiger partial charge >= 0.3 is 0 Å². The molecule has 0 N–H and O–H groups in total. The average Bonchev–Trinajstić information content (AvgIpc) is 2.96. The van der Waals surface area contributed by atoms with Gasteiger partial charge in [-0.25, -0.2) is 0 Å². The van der Waals surface area contributed by atoms with Gasteiger partial charge in [0, 0.05) is 0 Å². The summed E-state index contributed by atoms with van der Waals surface area (Å²) in [7, 11) is 0. The summed E-state index contributed by atoms with van der Waals surface area (Å²) >= 11 is 0. The van der Waals surface area contributed by atoms with E-state index >= 15 is 0 Å². The van der Waals surface area contributed by atoms with Gasteiger partial charge in [-0.3, -0.25) is 0 Å². The Labute approximate surface area is 227 Å². The second-order valence-electron chi connectivity index (χ2n) is 8.87. The van der Waals surface area contributed by atoms with Crippen LogP contribution in [0, 0.1) is 0 Å². The van der Waals surface area contributed by atoms with E-state index in [1.165, 1.54) is 0 Å². The van der Waals surface area contributed by atoms with Crippen LogP contribution in [0.15, 0.2) is 111 Å². The fourth-order valence-corrected chi connectivity index (χ4v) is 4.51. The Balaban J connectivity index is 2.00. The van der Waals surface area contributed by atoms with Gasteiger partial charge in [-0.2, -0.15) is 0 Å². The second kappa shape index (κ2) is 16.9. The Bertz CT molecular complexity index is 895. The first kappa shape index (κ1) is 29.7. The Morgan fingerprint density at radius 3 is 0.947 bits per heavy atom. The van der Waals surface area contributed by atoms with Gasteiger partial charge in [0.05, 0.1) is 39.6 Å². The summed E-state index contributed by atoms with van der Waals surface area (Å²) in [5, 5.41) is 0. The minimum atomic E-state index is -0.534. The molecule has 6 atom stereocenters. The molecule has 2 aromatic rings. The van der Waals surface area contributed by atoms with Crippen LogP contribution in [0.3, 0.4) is 0 Å². The predicted octanol–water partition coefficient (Wildman–Crippen LogP) is 5.46. The zero-order chi connectivity index (χ0) is 27.0. The Kier molecular flexibility index (Phi) is 13.2. The molecule has 0 saturated heterocycles. The molecule has 0 bridgehead atoms. The number of rotatable bonds is 18. The lowest BCUT2D eigenvalue weighted by Crippen LogP contribution is -2.67. The maximum atomic E-state index is 6.55. The molecule has 0 amide bonds. The molecule has 0 spiro atoms. The molecule has 6 heteroatoms. The molecule has 204 valence electrons. The number of hydrogen-bond acceptors (Lipinski definition) is 6. The summed E-state index contributed by atoms with van der Waals surface area (Å²) in [6.45, 7) is 17.3. The van der Waals surface area contributed by atoms with Gasteiger partial charge < -0.3 is 28.4 Å². The molecular weight excluding hydrogens is 480 g/mol. The minimum absolute atomic E-state index is 0.307. The highest BCUT2D eigenvalue weighted by molar-refractivity contribution is 5.15. The van der Waals surface area contributed by atoms with Crippen LogP contribution in [0.2, 0.25) is 0 Å². The van der Waals surface area contributed by atoms with Crippen LogP contribution >= 0.6 is 0 Å². The Morgan fingerprint density at radius 2 is 0.684 bits per heavy atom. The highest BCUT2D eigenvalue weighted by atomic mass is 16.6. The molecule has 0 heterocycles. The Morgan fingerprint density at radius 1 is 0.421 bits per heavy atom. The van der Waals surface area contributed by atoms with Gasteiger partial charge in [0.2, 0.25) is 0 Å².